The van der Waals surface area contributed by atoms with Crippen molar-refractivity contribution in [1.29, 1.82) is 0 Å². The highest BCUT2D eigenvalue weighted by Gasteiger charge is 2.33. The van der Waals surface area contributed by atoms with E-state index >= 15 is 0 Å². The second-order valence-corrected chi connectivity index (χ2v) is 10.6. The summed E-state index contributed by atoms with van der Waals surface area (Å²) >= 11 is 1.23. The summed E-state index contributed by atoms with van der Waals surface area (Å²) in [5.74, 6) is 0.712. The average molecular weight is 603 g/mol. The van der Waals surface area contributed by atoms with Crippen LogP contribution in [0.5, 0.6) is 17.2 Å². The van der Waals surface area contributed by atoms with E-state index < -0.39 is 12.0 Å². The summed E-state index contributed by atoms with van der Waals surface area (Å²) in [5.41, 5.74) is 2.36. The molecule has 0 unspecified atom stereocenters. The molecule has 2 heterocycles. The fourth-order valence-corrected chi connectivity index (χ4v) is 5.86. The average Bonchev–Trinajstić information content (AvgIpc) is 3.30. The molecule has 43 heavy (non-hydrogen) atoms. The number of thiazole rings is 1. The quantitative estimate of drug-likeness (QED) is 0.240. The number of fused-ring (bicyclic) bond motifs is 1. The number of hydrogen-bond donors (Lipinski definition) is 0. The van der Waals surface area contributed by atoms with E-state index in [4.69, 9.17) is 18.9 Å². The summed E-state index contributed by atoms with van der Waals surface area (Å²) in [4.78, 5) is 32.1. The Labute approximate surface area is 252 Å². The topological polar surface area (TPSA) is 88.4 Å². The second-order valence-electron chi connectivity index (χ2n) is 9.59. The van der Waals surface area contributed by atoms with Crippen molar-refractivity contribution in [3.8, 4) is 17.2 Å². The van der Waals surface area contributed by atoms with E-state index in [1.165, 1.54) is 22.0 Å². The van der Waals surface area contributed by atoms with Gasteiger partial charge in [0.2, 0.25) is 0 Å². The standard InChI is InChI=1S/C33H31FN2O6S/c1-5-40-27-17-21(11-16-26(27)42-19-23-9-7-8-10-25(23)34)18-28-31(37)36-30(22-12-14-24(39-4)15-13-22)29(32(38)41-6-2)20(3)35-33(36)43-28/h7-18,30H,5-6,19H2,1-4H3/b28-18+/t30-/m0/s1. The molecule has 1 aliphatic heterocycles. The van der Waals surface area contributed by atoms with Gasteiger partial charge in [-0.2, -0.15) is 0 Å². The van der Waals surface area contributed by atoms with E-state index in [0.29, 0.717) is 55.6 Å². The first kappa shape index (κ1) is 29.8. The Hall–Kier alpha value is -4.70. The predicted octanol–water partition coefficient (Wildman–Crippen LogP) is 4.92. The number of halogens is 1. The zero-order valence-electron chi connectivity index (χ0n) is 24.3. The number of allylic oxidation sites excluding steroid dienone is 1. The first-order valence-corrected chi connectivity index (χ1v) is 14.6. The Kier molecular flexibility index (Phi) is 9.06. The van der Waals surface area contributed by atoms with Gasteiger partial charge in [-0.05, 0) is 68.3 Å². The zero-order valence-corrected chi connectivity index (χ0v) is 25.1. The maximum Gasteiger partial charge on any atom is 0.338 e. The summed E-state index contributed by atoms with van der Waals surface area (Å²) < 4.78 is 38.4. The lowest BCUT2D eigenvalue weighted by molar-refractivity contribution is -0.139. The van der Waals surface area contributed by atoms with Gasteiger partial charge in [-0.25, -0.2) is 14.2 Å². The van der Waals surface area contributed by atoms with Gasteiger partial charge in [0.05, 0.1) is 42.2 Å². The zero-order chi connectivity index (χ0) is 30.5. The third-order valence-electron chi connectivity index (χ3n) is 6.85. The summed E-state index contributed by atoms with van der Waals surface area (Å²) in [6.45, 7) is 5.95. The molecule has 0 amide bonds. The number of carbonyl (C=O) groups is 1. The molecule has 1 aromatic heterocycles. The maximum absolute atomic E-state index is 14.1. The van der Waals surface area contributed by atoms with Crippen LogP contribution < -0.4 is 29.1 Å². The monoisotopic (exact) mass is 602 g/mol. The number of nitrogens with zero attached hydrogens (tertiary/aromatic N) is 2. The third-order valence-corrected chi connectivity index (χ3v) is 7.84. The molecule has 0 aliphatic carbocycles. The van der Waals surface area contributed by atoms with Gasteiger partial charge in [0, 0.05) is 5.56 Å². The van der Waals surface area contributed by atoms with Crippen LogP contribution in [0.1, 0.15) is 43.5 Å². The van der Waals surface area contributed by atoms with Crippen molar-refractivity contribution in [2.24, 2.45) is 4.99 Å². The predicted molar refractivity (Wildman–Crippen MR) is 162 cm³/mol. The number of aromatic nitrogens is 1. The lowest BCUT2D eigenvalue weighted by atomic mass is 9.96. The Morgan fingerprint density at radius 1 is 1.02 bits per heavy atom. The number of hydrogen-bond acceptors (Lipinski definition) is 8. The third kappa shape index (κ3) is 6.24. The first-order valence-electron chi connectivity index (χ1n) is 13.8. The first-order chi connectivity index (χ1) is 20.8. The number of rotatable bonds is 10. The normalized spacial score (nSPS) is 14.6. The number of benzene rings is 3. The van der Waals surface area contributed by atoms with Gasteiger partial charge in [-0.1, -0.05) is 47.7 Å². The van der Waals surface area contributed by atoms with E-state index in [1.807, 2.05) is 19.1 Å². The van der Waals surface area contributed by atoms with Crippen LogP contribution in [-0.4, -0.2) is 30.9 Å². The van der Waals surface area contributed by atoms with Crippen LogP contribution in [0.15, 0.2) is 87.8 Å². The van der Waals surface area contributed by atoms with Crippen molar-refractivity contribution < 1.29 is 28.1 Å². The molecule has 0 saturated heterocycles. The smallest absolute Gasteiger partial charge is 0.338 e. The molecule has 0 fully saturated rings. The molecular formula is C33H31FN2O6S. The van der Waals surface area contributed by atoms with E-state index in [2.05, 4.69) is 4.99 Å². The van der Waals surface area contributed by atoms with Crippen molar-refractivity contribution in [2.75, 3.05) is 20.3 Å². The van der Waals surface area contributed by atoms with Crippen LogP contribution in [0.3, 0.4) is 0 Å². The Morgan fingerprint density at radius 3 is 2.49 bits per heavy atom. The van der Waals surface area contributed by atoms with Gasteiger partial charge in [0.25, 0.3) is 5.56 Å². The molecule has 10 heteroatoms. The molecule has 4 aromatic rings. The maximum atomic E-state index is 14.1. The Bertz CT molecular complexity index is 1860. The fraction of sp³-hybridized carbons (Fsp3) is 0.242. The molecule has 8 nitrogen and oxygen atoms in total. The van der Waals surface area contributed by atoms with Gasteiger partial charge in [0.15, 0.2) is 16.3 Å². The van der Waals surface area contributed by atoms with E-state index in [1.54, 1.807) is 75.6 Å². The minimum atomic E-state index is -0.725. The Balaban J connectivity index is 1.56. The Morgan fingerprint density at radius 2 is 1.79 bits per heavy atom. The van der Waals surface area contributed by atoms with E-state index in [9.17, 15) is 14.0 Å². The van der Waals surface area contributed by atoms with E-state index in [-0.39, 0.29) is 24.6 Å². The van der Waals surface area contributed by atoms with Crippen LogP contribution in [0.25, 0.3) is 6.08 Å². The van der Waals surface area contributed by atoms with Crippen molar-refractivity contribution in [1.82, 2.24) is 4.57 Å². The summed E-state index contributed by atoms with van der Waals surface area (Å²) in [6.07, 6.45) is 1.75. The minimum absolute atomic E-state index is 0.0399. The molecule has 1 atom stereocenters. The summed E-state index contributed by atoms with van der Waals surface area (Å²) in [7, 11) is 1.57. The largest absolute Gasteiger partial charge is 0.497 e. The molecule has 1 aliphatic rings. The molecule has 0 radical (unpaired) electrons. The fourth-order valence-electron chi connectivity index (χ4n) is 4.82. The molecule has 0 bridgehead atoms. The number of esters is 1. The molecule has 0 spiro atoms. The highest BCUT2D eigenvalue weighted by molar-refractivity contribution is 7.07. The van der Waals surface area contributed by atoms with Crippen molar-refractivity contribution in [3.63, 3.8) is 0 Å². The SMILES string of the molecule is CCOC(=O)C1=C(C)N=c2s/c(=C/c3ccc(OCc4ccccc4F)c(OCC)c3)c(=O)n2[C@H]1c1ccc(OC)cc1. The van der Waals surface area contributed by atoms with Gasteiger partial charge in [0.1, 0.15) is 18.2 Å². The summed E-state index contributed by atoms with van der Waals surface area (Å²) in [5, 5.41) is 0. The van der Waals surface area contributed by atoms with Gasteiger partial charge >= 0.3 is 5.97 Å². The van der Waals surface area contributed by atoms with Gasteiger partial charge < -0.3 is 18.9 Å². The van der Waals surface area contributed by atoms with Crippen LogP contribution in [0, 0.1) is 5.82 Å². The van der Waals surface area contributed by atoms with Crippen LogP contribution in [-0.2, 0) is 16.1 Å². The van der Waals surface area contributed by atoms with Gasteiger partial charge in [-0.15, -0.1) is 0 Å². The molecule has 3 aromatic carbocycles. The number of ether oxygens (including phenoxy) is 4. The second kappa shape index (κ2) is 13.1. The number of methoxy groups -OCH3 is 1. The van der Waals surface area contributed by atoms with Crippen LogP contribution in [0.2, 0.25) is 0 Å². The minimum Gasteiger partial charge on any atom is -0.497 e. The van der Waals surface area contributed by atoms with Gasteiger partial charge in [-0.3, -0.25) is 9.36 Å². The van der Waals surface area contributed by atoms with Crippen molar-refractivity contribution in [3.05, 3.63) is 120 Å². The van der Waals surface area contributed by atoms with Crippen molar-refractivity contribution >= 4 is 23.4 Å². The highest BCUT2D eigenvalue weighted by atomic mass is 32.1. The van der Waals surface area contributed by atoms with Crippen LogP contribution in [0.4, 0.5) is 4.39 Å². The summed E-state index contributed by atoms with van der Waals surface area (Å²) in [6, 6.07) is 18.2. The molecular weight excluding hydrogens is 571 g/mol. The molecule has 222 valence electrons. The van der Waals surface area contributed by atoms with E-state index in [0.717, 1.165) is 5.56 Å². The number of carbonyl (C=O) groups excluding carboxylic acids is 1. The van der Waals surface area contributed by atoms with Crippen molar-refractivity contribution in [2.45, 2.75) is 33.4 Å². The lowest BCUT2D eigenvalue weighted by Gasteiger charge is -2.24. The highest BCUT2D eigenvalue weighted by Crippen LogP contribution is 2.32. The van der Waals surface area contributed by atoms with Crippen LogP contribution >= 0.6 is 11.3 Å². The molecule has 5 rings (SSSR count). The molecule has 0 saturated carbocycles. The lowest BCUT2D eigenvalue weighted by Crippen LogP contribution is -2.39. The molecule has 0 N–H and O–H groups in total.